The van der Waals surface area contributed by atoms with Crippen molar-refractivity contribution < 1.29 is 5.11 Å². The summed E-state index contributed by atoms with van der Waals surface area (Å²) >= 11 is 0. The van der Waals surface area contributed by atoms with Crippen molar-refractivity contribution >= 4 is 0 Å². The molecular formula is C12H17NO2. The highest BCUT2D eigenvalue weighted by Crippen LogP contribution is 2.30. The SMILES string of the molecule is CC(C)(C)n1c2c(c(O)cc1=O)CCC2. The van der Waals surface area contributed by atoms with E-state index in [1.807, 2.05) is 25.3 Å². The van der Waals surface area contributed by atoms with Gasteiger partial charge in [-0.05, 0) is 40.0 Å². The van der Waals surface area contributed by atoms with E-state index in [0.29, 0.717) is 0 Å². The van der Waals surface area contributed by atoms with Gasteiger partial charge in [0.05, 0.1) is 0 Å². The van der Waals surface area contributed by atoms with Crippen LogP contribution >= 0.6 is 0 Å². The second-order valence-electron chi connectivity index (χ2n) is 5.15. The van der Waals surface area contributed by atoms with Gasteiger partial charge in [0.1, 0.15) is 5.75 Å². The van der Waals surface area contributed by atoms with Gasteiger partial charge in [-0.3, -0.25) is 4.79 Å². The van der Waals surface area contributed by atoms with E-state index in [2.05, 4.69) is 0 Å². The minimum atomic E-state index is -0.209. The molecule has 0 aromatic carbocycles. The van der Waals surface area contributed by atoms with Crippen LogP contribution in [0.1, 0.15) is 38.4 Å². The maximum absolute atomic E-state index is 11.8. The Morgan fingerprint density at radius 1 is 1.33 bits per heavy atom. The average Bonchev–Trinajstić information content (AvgIpc) is 2.49. The second kappa shape index (κ2) is 3.12. The third kappa shape index (κ3) is 1.56. The molecule has 0 amide bonds. The standard InChI is InChI=1S/C12H17NO2/c1-12(2,3)13-9-6-4-5-8(9)10(14)7-11(13)15/h7,14H,4-6H2,1-3H3. The van der Waals surface area contributed by atoms with Crippen LogP contribution in [0.15, 0.2) is 10.9 Å². The van der Waals surface area contributed by atoms with Crippen LogP contribution in [0.3, 0.4) is 0 Å². The first-order valence-corrected chi connectivity index (χ1v) is 5.38. The predicted molar refractivity (Wildman–Crippen MR) is 59.4 cm³/mol. The minimum absolute atomic E-state index is 0.0966. The molecule has 0 fully saturated rings. The van der Waals surface area contributed by atoms with Gasteiger partial charge in [0.2, 0.25) is 0 Å². The van der Waals surface area contributed by atoms with Gasteiger partial charge in [0.25, 0.3) is 5.56 Å². The maximum Gasteiger partial charge on any atom is 0.254 e. The molecule has 1 aliphatic carbocycles. The zero-order valence-corrected chi connectivity index (χ0v) is 9.50. The zero-order valence-electron chi connectivity index (χ0n) is 9.50. The van der Waals surface area contributed by atoms with Crippen molar-refractivity contribution in [2.24, 2.45) is 0 Å². The number of hydrogen-bond acceptors (Lipinski definition) is 2. The molecule has 0 unspecified atom stereocenters. The number of hydrogen-bond donors (Lipinski definition) is 1. The van der Waals surface area contributed by atoms with Crippen LogP contribution in [0, 0.1) is 0 Å². The molecule has 0 spiro atoms. The largest absolute Gasteiger partial charge is 0.507 e. The molecule has 0 aliphatic heterocycles. The number of pyridine rings is 1. The number of nitrogens with zero attached hydrogens (tertiary/aromatic N) is 1. The summed E-state index contributed by atoms with van der Waals surface area (Å²) in [5.41, 5.74) is 1.68. The Morgan fingerprint density at radius 3 is 2.60 bits per heavy atom. The van der Waals surface area contributed by atoms with Crippen LogP contribution in [0.5, 0.6) is 5.75 Å². The molecule has 3 heteroatoms. The fourth-order valence-corrected chi connectivity index (χ4v) is 2.39. The molecule has 82 valence electrons. The smallest absolute Gasteiger partial charge is 0.254 e. The number of fused-ring (bicyclic) bond motifs is 1. The molecule has 1 aliphatic rings. The minimum Gasteiger partial charge on any atom is -0.507 e. The van der Waals surface area contributed by atoms with E-state index in [9.17, 15) is 9.90 Å². The average molecular weight is 207 g/mol. The van der Waals surface area contributed by atoms with Gasteiger partial charge in [-0.25, -0.2) is 0 Å². The van der Waals surface area contributed by atoms with Gasteiger partial charge < -0.3 is 9.67 Å². The lowest BCUT2D eigenvalue weighted by molar-refractivity contribution is 0.367. The summed E-state index contributed by atoms with van der Waals surface area (Å²) in [4.78, 5) is 11.8. The van der Waals surface area contributed by atoms with Gasteiger partial charge in [-0.15, -0.1) is 0 Å². The van der Waals surface area contributed by atoms with Crippen LogP contribution in [0.25, 0.3) is 0 Å². The fraction of sp³-hybridized carbons (Fsp3) is 0.583. The Labute approximate surface area is 89.4 Å². The summed E-state index contributed by atoms with van der Waals surface area (Å²) < 4.78 is 1.81. The van der Waals surface area contributed by atoms with E-state index in [-0.39, 0.29) is 16.8 Å². The van der Waals surface area contributed by atoms with Gasteiger partial charge in [0, 0.05) is 22.9 Å². The van der Waals surface area contributed by atoms with Gasteiger partial charge in [0.15, 0.2) is 0 Å². The molecule has 0 bridgehead atoms. The highest BCUT2D eigenvalue weighted by Gasteiger charge is 2.25. The van der Waals surface area contributed by atoms with Crippen molar-refractivity contribution in [2.75, 3.05) is 0 Å². The van der Waals surface area contributed by atoms with E-state index in [1.54, 1.807) is 0 Å². The van der Waals surface area contributed by atoms with E-state index < -0.39 is 0 Å². The summed E-state index contributed by atoms with van der Waals surface area (Å²) in [5.74, 6) is 0.174. The second-order valence-corrected chi connectivity index (χ2v) is 5.15. The van der Waals surface area contributed by atoms with E-state index in [1.165, 1.54) is 6.07 Å². The Bertz CT molecular complexity index is 452. The first-order valence-electron chi connectivity index (χ1n) is 5.38. The molecular weight excluding hydrogens is 190 g/mol. The molecule has 2 rings (SSSR count). The third-order valence-electron chi connectivity index (χ3n) is 2.92. The highest BCUT2D eigenvalue weighted by atomic mass is 16.3. The monoisotopic (exact) mass is 207 g/mol. The lowest BCUT2D eigenvalue weighted by Crippen LogP contribution is -2.35. The van der Waals surface area contributed by atoms with Crippen molar-refractivity contribution in [1.82, 2.24) is 4.57 Å². The molecule has 1 aromatic rings. The van der Waals surface area contributed by atoms with Crippen LogP contribution in [-0.4, -0.2) is 9.67 Å². The van der Waals surface area contributed by atoms with Crippen LogP contribution < -0.4 is 5.56 Å². The number of aromatic nitrogens is 1. The summed E-state index contributed by atoms with van der Waals surface area (Å²) in [7, 11) is 0. The maximum atomic E-state index is 11.8. The normalized spacial score (nSPS) is 15.4. The highest BCUT2D eigenvalue weighted by molar-refractivity contribution is 5.39. The molecule has 0 saturated carbocycles. The molecule has 0 atom stereocenters. The van der Waals surface area contributed by atoms with Crippen molar-refractivity contribution in [1.29, 1.82) is 0 Å². The van der Waals surface area contributed by atoms with Crippen molar-refractivity contribution in [3.63, 3.8) is 0 Å². The van der Waals surface area contributed by atoms with Gasteiger partial charge in [-0.1, -0.05) is 0 Å². The molecule has 0 radical (unpaired) electrons. The molecule has 0 saturated heterocycles. The quantitative estimate of drug-likeness (QED) is 0.704. The van der Waals surface area contributed by atoms with E-state index >= 15 is 0 Å². The molecule has 1 N–H and O–H groups in total. The molecule has 1 aromatic heterocycles. The summed E-state index contributed by atoms with van der Waals surface area (Å²) in [5, 5.41) is 9.69. The van der Waals surface area contributed by atoms with E-state index in [4.69, 9.17) is 0 Å². The first kappa shape index (κ1) is 10.3. The van der Waals surface area contributed by atoms with Crippen molar-refractivity contribution in [3.05, 3.63) is 27.7 Å². The van der Waals surface area contributed by atoms with Crippen LogP contribution in [-0.2, 0) is 18.4 Å². The van der Waals surface area contributed by atoms with Crippen molar-refractivity contribution in [3.8, 4) is 5.75 Å². The van der Waals surface area contributed by atoms with Crippen molar-refractivity contribution in [2.45, 2.75) is 45.6 Å². The lowest BCUT2D eigenvalue weighted by Gasteiger charge is -2.26. The summed E-state index contributed by atoms with van der Waals surface area (Å²) in [6.07, 6.45) is 2.82. The lowest BCUT2D eigenvalue weighted by atomic mass is 10.1. The Balaban J connectivity index is 2.76. The van der Waals surface area contributed by atoms with Gasteiger partial charge in [-0.2, -0.15) is 0 Å². The number of rotatable bonds is 0. The molecule has 1 heterocycles. The fourth-order valence-electron chi connectivity index (χ4n) is 2.39. The zero-order chi connectivity index (χ0) is 11.2. The molecule has 15 heavy (non-hydrogen) atoms. The van der Waals surface area contributed by atoms with Crippen LogP contribution in [0.2, 0.25) is 0 Å². The van der Waals surface area contributed by atoms with Crippen LogP contribution in [0.4, 0.5) is 0 Å². The van der Waals surface area contributed by atoms with Gasteiger partial charge >= 0.3 is 0 Å². The Morgan fingerprint density at radius 2 is 2.00 bits per heavy atom. The Kier molecular flexibility index (Phi) is 2.14. The third-order valence-corrected chi connectivity index (χ3v) is 2.92. The first-order chi connectivity index (χ1) is 6.91. The summed E-state index contributed by atoms with van der Waals surface area (Å²) in [6, 6.07) is 1.34. The molecule has 3 nitrogen and oxygen atoms in total. The summed E-state index contributed by atoms with van der Waals surface area (Å²) in [6.45, 7) is 6.05. The predicted octanol–water partition coefficient (Wildman–Crippen LogP) is 1.80. The van der Waals surface area contributed by atoms with E-state index in [0.717, 1.165) is 30.5 Å². The topological polar surface area (TPSA) is 42.2 Å². The number of aromatic hydroxyl groups is 1. The Hall–Kier alpha value is -1.25.